The minimum absolute atomic E-state index is 0.788. The Hall–Kier alpha value is -14.3. The molecule has 106 heavy (non-hydrogen) atoms. The fourth-order valence-corrected chi connectivity index (χ4v) is 17.6. The van der Waals surface area contributed by atoms with Crippen molar-refractivity contribution in [2.24, 2.45) is 0 Å². The first-order chi connectivity index (χ1) is 52.6. The van der Waals surface area contributed by atoms with Crippen molar-refractivity contribution >= 4 is 153 Å². The van der Waals surface area contributed by atoms with E-state index < -0.39 is 0 Å². The molecule has 490 valence electrons. The monoisotopic (exact) mass is 1350 g/mol. The number of hydrogen-bond acceptors (Lipinski definition) is 5. The molecule has 0 saturated carbocycles. The Labute approximate surface area is 605 Å². The lowest BCUT2D eigenvalue weighted by molar-refractivity contribution is 0.671. The lowest BCUT2D eigenvalue weighted by Gasteiger charge is -2.16. The van der Waals surface area contributed by atoms with Crippen LogP contribution in [-0.2, 0) is 0 Å². The number of rotatable bonds is 8. The molecule has 6 heterocycles. The predicted octanol–water partition coefficient (Wildman–Crippen LogP) is 25.7. The Morgan fingerprint density at radius 2 is 0.613 bits per heavy atom. The van der Waals surface area contributed by atoms with Crippen LogP contribution in [0.2, 0.25) is 0 Å². The average Bonchev–Trinajstić information content (AvgIpc) is 1.54. The van der Waals surface area contributed by atoms with E-state index in [0.717, 1.165) is 172 Å². The van der Waals surface area contributed by atoms with E-state index in [2.05, 4.69) is 329 Å². The molecule has 0 spiro atoms. The highest BCUT2D eigenvalue weighted by Crippen LogP contribution is 2.52. The first-order valence-electron chi connectivity index (χ1n) is 36.1. The van der Waals surface area contributed by atoms with Crippen LogP contribution >= 0.6 is 0 Å². The smallest absolute Gasteiger partial charge is 0.160 e. The van der Waals surface area contributed by atoms with Crippen molar-refractivity contribution in [2.45, 2.75) is 0 Å². The van der Waals surface area contributed by atoms with E-state index in [1.807, 2.05) is 30.3 Å². The number of nitrogens with zero attached hydrogens (tertiary/aromatic N) is 7. The zero-order chi connectivity index (χ0) is 69.2. The van der Waals surface area contributed by atoms with Crippen LogP contribution in [0.3, 0.4) is 0 Å². The van der Waals surface area contributed by atoms with Gasteiger partial charge in [0.05, 0.1) is 77.9 Å². The maximum atomic E-state index is 7.11. The van der Waals surface area contributed by atoms with Gasteiger partial charge in [0.1, 0.15) is 5.58 Å². The van der Waals surface area contributed by atoms with Crippen LogP contribution in [0.4, 0.5) is 0 Å². The molecule has 0 unspecified atom stereocenters. The Kier molecular flexibility index (Phi) is 12.4. The third-order valence-electron chi connectivity index (χ3n) is 22.1. The molecule has 6 aromatic heterocycles. The molecule has 0 bridgehead atoms. The van der Waals surface area contributed by atoms with Gasteiger partial charge >= 0.3 is 0 Å². The molecule has 0 atom stereocenters. The summed E-state index contributed by atoms with van der Waals surface area (Å²) in [6.45, 7) is 0. The third-order valence-corrected chi connectivity index (χ3v) is 22.1. The first kappa shape index (κ1) is 58.3. The van der Waals surface area contributed by atoms with E-state index in [-0.39, 0.29) is 0 Å². The summed E-state index contributed by atoms with van der Waals surface area (Å²) in [5, 5.41) is 18.7. The molecule has 17 aromatic carbocycles. The second kappa shape index (κ2) is 22.6. The van der Waals surface area contributed by atoms with E-state index in [4.69, 9.17) is 24.4 Å². The van der Waals surface area contributed by atoms with Crippen molar-refractivity contribution in [3.8, 4) is 73.2 Å². The van der Waals surface area contributed by atoms with E-state index in [1.165, 1.54) is 53.9 Å². The summed E-state index contributed by atoms with van der Waals surface area (Å²) in [7, 11) is 0. The highest BCUT2D eigenvalue weighted by Gasteiger charge is 2.29. The SMILES string of the molecule is c1ccc(-c2nc3ccccc3nc2-c2cccc(-n3c4ccc5ccccc5c4c4c5ccc(-c6cccc(-c7nc8ccccc8nc7-c7cccc(-n8c9ccc%10ccccc%10c9c9c%10ccccc%10c%10c%11ccccc%11oc%10c98)c7)c6)cc5c5c6ccccc6n(-c6ccccc6)c5c43)c2)cc1. The van der Waals surface area contributed by atoms with Gasteiger partial charge in [-0.25, -0.2) is 19.9 Å². The molecule has 0 amide bonds. The first-order valence-corrected chi connectivity index (χ1v) is 36.1. The minimum Gasteiger partial charge on any atom is -0.454 e. The number of aromatic nitrogens is 7. The molecule has 23 aromatic rings. The van der Waals surface area contributed by atoms with Gasteiger partial charge in [-0.1, -0.05) is 249 Å². The number of para-hydroxylation sites is 7. The Morgan fingerprint density at radius 3 is 1.23 bits per heavy atom. The molecule has 0 aliphatic rings. The van der Waals surface area contributed by atoms with Crippen LogP contribution < -0.4 is 0 Å². The van der Waals surface area contributed by atoms with Gasteiger partial charge < -0.3 is 18.1 Å². The van der Waals surface area contributed by atoms with Gasteiger partial charge in [-0.05, 0) is 151 Å². The summed E-state index contributed by atoms with van der Waals surface area (Å²) >= 11 is 0. The molecule has 8 nitrogen and oxygen atoms in total. The van der Waals surface area contributed by atoms with Crippen LogP contribution in [-0.4, -0.2) is 33.6 Å². The lowest BCUT2D eigenvalue weighted by atomic mass is 9.93. The average molecular weight is 1350 g/mol. The minimum atomic E-state index is 0.788. The van der Waals surface area contributed by atoms with Gasteiger partial charge in [-0.15, -0.1) is 0 Å². The largest absolute Gasteiger partial charge is 0.454 e. The summed E-state index contributed by atoms with van der Waals surface area (Å²) in [6, 6.07) is 125. The zero-order valence-corrected chi connectivity index (χ0v) is 56.9. The topological polar surface area (TPSA) is 79.5 Å². The Balaban J connectivity index is 0.751. The predicted molar refractivity (Wildman–Crippen MR) is 440 cm³/mol. The summed E-state index contributed by atoms with van der Waals surface area (Å²) < 4.78 is 14.6. The second-order valence-corrected chi connectivity index (χ2v) is 27.9. The standard InChI is InChI=1S/C98H57N7O/c1-3-26-60(27-4-1)91-93(101-78-43-16-15-42-77(78)99-91)64-30-22-34-67(55-64)104-82-52-49-58-24-7-9-36-69(58)87(82)89-73-51-48-62(57-76(73)85-74-40-13-19-46-81(74)103(95(85)96(89)104)66-32-5-2-6-33-66)61-28-21-29-63(54-61)92-94(102-80-45-18-17-44-79(80)100-92)65-31-23-35-68(56-65)105-83-53-50-59-25-8-10-37-70(59)88(83)90-72-39-12-11-38-71(72)86-75-41-14-20-47-84(75)106-98(86)97(90)105/h1-57H. The summed E-state index contributed by atoms with van der Waals surface area (Å²) in [5.74, 6) is 0. The Bertz CT molecular complexity index is 7710. The van der Waals surface area contributed by atoms with Gasteiger partial charge in [0, 0.05) is 82.4 Å². The number of benzene rings is 17. The van der Waals surface area contributed by atoms with Crippen LogP contribution in [0.5, 0.6) is 0 Å². The number of furan rings is 1. The maximum Gasteiger partial charge on any atom is 0.160 e. The normalized spacial score (nSPS) is 12.2. The van der Waals surface area contributed by atoms with Crippen molar-refractivity contribution in [3.63, 3.8) is 0 Å². The molecule has 23 rings (SSSR count). The van der Waals surface area contributed by atoms with Crippen molar-refractivity contribution in [1.82, 2.24) is 33.6 Å². The summed E-state index contributed by atoms with van der Waals surface area (Å²) in [5.41, 5.74) is 24.0. The van der Waals surface area contributed by atoms with Gasteiger partial charge in [0.25, 0.3) is 0 Å². The zero-order valence-electron chi connectivity index (χ0n) is 56.9. The van der Waals surface area contributed by atoms with Crippen molar-refractivity contribution < 1.29 is 4.42 Å². The van der Waals surface area contributed by atoms with E-state index in [9.17, 15) is 0 Å². The molecule has 8 heteroatoms. The second-order valence-electron chi connectivity index (χ2n) is 27.9. The molecule has 0 aliphatic carbocycles. The number of fused-ring (bicyclic) bond motifs is 26. The molecule has 0 N–H and O–H groups in total. The van der Waals surface area contributed by atoms with E-state index >= 15 is 0 Å². The number of hydrogen-bond donors (Lipinski definition) is 0. The molecule has 0 fully saturated rings. The fourth-order valence-electron chi connectivity index (χ4n) is 17.6. The van der Waals surface area contributed by atoms with Crippen molar-refractivity contribution in [2.75, 3.05) is 0 Å². The van der Waals surface area contributed by atoms with Crippen LogP contribution in [0.25, 0.3) is 226 Å². The van der Waals surface area contributed by atoms with Crippen LogP contribution in [0.15, 0.2) is 350 Å². The van der Waals surface area contributed by atoms with Gasteiger partial charge in [-0.2, -0.15) is 0 Å². The Morgan fingerprint density at radius 1 is 0.208 bits per heavy atom. The summed E-state index contributed by atoms with van der Waals surface area (Å²) in [4.78, 5) is 22.0. The van der Waals surface area contributed by atoms with Gasteiger partial charge in [0.2, 0.25) is 0 Å². The fraction of sp³-hybridized carbons (Fsp3) is 0. The highest BCUT2D eigenvalue weighted by molar-refractivity contribution is 6.40. The molecular weight excluding hydrogens is 1290 g/mol. The molecule has 0 saturated heterocycles. The lowest BCUT2D eigenvalue weighted by Crippen LogP contribution is -2.00. The van der Waals surface area contributed by atoms with E-state index in [0.29, 0.717) is 0 Å². The highest BCUT2D eigenvalue weighted by atomic mass is 16.3. The quantitative estimate of drug-likeness (QED) is 0.151. The van der Waals surface area contributed by atoms with Crippen molar-refractivity contribution in [3.05, 3.63) is 346 Å². The van der Waals surface area contributed by atoms with Crippen LogP contribution in [0.1, 0.15) is 0 Å². The maximum absolute atomic E-state index is 7.11. The van der Waals surface area contributed by atoms with Crippen molar-refractivity contribution in [1.29, 1.82) is 0 Å². The van der Waals surface area contributed by atoms with Gasteiger partial charge in [-0.3, -0.25) is 0 Å². The molecular formula is C98H57N7O. The molecule has 0 radical (unpaired) electrons. The molecule has 0 aliphatic heterocycles. The third kappa shape index (κ3) is 8.52. The van der Waals surface area contributed by atoms with Crippen LogP contribution in [0, 0.1) is 0 Å². The summed E-state index contributed by atoms with van der Waals surface area (Å²) in [6.07, 6.45) is 0. The van der Waals surface area contributed by atoms with Gasteiger partial charge in [0.15, 0.2) is 5.58 Å². The van der Waals surface area contributed by atoms with E-state index in [1.54, 1.807) is 0 Å².